The highest BCUT2D eigenvalue weighted by molar-refractivity contribution is 6.00. The third kappa shape index (κ3) is 2.88. The molecular formula is C19H20N6O. The third-order valence-corrected chi connectivity index (χ3v) is 4.67. The predicted octanol–water partition coefficient (Wildman–Crippen LogP) is 1.76. The van der Waals surface area contributed by atoms with Gasteiger partial charge in [-0.1, -0.05) is 24.3 Å². The first-order valence-corrected chi connectivity index (χ1v) is 8.54. The number of carbonyl (C=O) groups is 1. The van der Waals surface area contributed by atoms with Crippen molar-refractivity contribution < 1.29 is 4.79 Å². The summed E-state index contributed by atoms with van der Waals surface area (Å²) in [6, 6.07) is 15.2. The number of rotatable bonds is 2. The van der Waals surface area contributed by atoms with Gasteiger partial charge in [-0.05, 0) is 24.3 Å². The zero-order valence-electron chi connectivity index (χ0n) is 14.3. The number of fused-ring (bicyclic) bond motifs is 1. The molecule has 2 aromatic carbocycles. The summed E-state index contributed by atoms with van der Waals surface area (Å²) >= 11 is 0. The van der Waals surface area contributed by atoms with Gasteiger partial charge in [0.2, 0.25) is 5.95 Å². The second-order valence-electron chi connectivity index (χ2n) is 6.28. The monoisotopic (exact) mass is 348 g/mol. The number of nitrogens with zero attached hydrogens (tertiary/aromatic N) is 4. The first-order chi connectivity index (χ1) is 12.6. The molecule has 4 N–H and O–H groups in total. The Kier molecular flexibility index (Phi) is 4.04. The minimum absolute atomic E-state index is 0.0683. The molecule has 0 aliphatic carbocycles. The van der Waals surface area contributed by atoms with Crippen molar-refractivity contribution in [3.63, 3.8) is 0 Å². The lowest BCUT2D eigenvalue weighted by Crippen LogP contribution is -2.48. The summed E-state index contributed by atoms with van der Waals surface area (Å²) < 4.78 is 0. The fourth-order valence-corrected chi connectivity index (χ4v) is 3.39. The van der Waals surface area contributed by atoms with Crippen molar-refractivity contribution in [3.8, 4) is 0 Å². The third-order valence-electron chi connectivity index (χ3n) is 4.67. The van der Waals surface area contributed by atoms with Crippen LogP contribution in [0.25, 0.3) is 10.9 Å². The molecule has 132 valence electrons. The predicted molar refractivity (Wildman–Crippen MR) is 103 cm³/mol. The maximum absolute atomic E-state index is 12.6. The number of nitrogens with two attached hydrogens (primary N) is 2. The van der Waals surface area contributed by atoms with Gasteiger partial charge in [-0.2, -0.15) is 4.98 Å². The summed E-state index contributed by atoms with van der Waals surface area (Å²) in [5, 5.41) is 0.810. The number of aromatic nitrogens is 2. The van der Waals surface area contributed by atoms with Gasteiger partial charge in [0.1, 0.15) is 5.82 Å². The molecule has 1 aromatic heterocycles. The van der Waals surface area contributed by atoms with E-state index in [-0.39, 0.29) is 11.9 Å². The standard InChI is InChI=1S/C19H20N6O/c20-17-16-14(22-19(21)23-17)7-4-8-15(16)24-9-11-25(12-10-24)18(26)13-5-2-1-3-6-13/h1-8H,9-12H2,(H4,20,21,22,23). The summed E-state index contributed by atoms with van der Waals surface area (Å²) in [4.78, 5) is 25.1. The van der Waals surface area contributed by atoms with E-state index in [1.165, 1.54) is 0 Å². The van der Waals surface area contributed by atoms with Gasteiger partial charge < -0.3 is 21.3 Å². The minimum atomic E-state index is 0.0683. The molecule has 7 heteroatoms. The Labute approximate surface area is 151 Å². The Balaban J connectivity index is 1.56. The maximum atomic E-state index is 12.6. The lowest BCUT2D eigenvalue weighted by Gasteiger charge is -2.36. The number of piperazine rings is 1. The van der Waals surface area contributed by atoms with E-state index in [9.17, 15) is 4.79 Å². The Morgan fingerprint density at radius 3 is 2.35 bits per heavy atom. The highest BCUT2D eigenvalue weighted by Gasteiger charge is 2.23. The van der Waals surface area contributed by atoms with Gasteiger partial charge in [0.05, 0.1) is 16.6 Å². The molecule has 3 aromatic rings. The number of hydrogen-bond acceptors (Lipinski definition) is 6. The van der Waals surface area contributed by atoms with Crippen LogP contribution in [0, 0.1) is 0 Å². The van der Waals surface area contributed by atoms with E-state index in [4.69, 9.17) is 11.5 Å². The first kappa shape index (κ1) is 16.1. The number of hydrogen-bond donors (Lipinski definition) is 2. The van der Waals surface area contributed by atoms with Gasteiger partial charge in [0, 0.05) is 31.7 Å². The van der Waals surface area contributed by atoms with Crippen LogP contribution in [0.2, 0.25) is 0 Å². The summed E-state index contributed by atoms with van der Waals surface area (Å²) in [6.45, 7) is 2.75. The van der Waals surface area contributed by atoms with E-state index in [0.29, 0.717) is 18.9 Å². The van der Waals surface area contributed by atoms with Crippen LogP contribution in [0.3, 0.4) is 0 Å². The van der Waals surface area contributed by atoms with Crippen LogP contribution >= 0.6 is 0 Å². The maximum Gasteiger partial charge on any atom is 0.253 e. The smallest absolute Gasteiger partial charge is 0.253 e. The Hall–Kier alpha value is -3.35. The van der Waals surface area contributed by atoms with Crippen LogP contribution in [0.4, 0.5) is 17.5 Å². The summed E-state index contributed by atoms with van der Waals surface area (Å²) in [7, 11) is 0. The molecule has 4 rings (SSSR count). The lowest BCUT2D eigenvalue weighted by atomic mass is 10.1. The van der Waals surface area contributed by atoms with Crippen molar-refractivity contribution in [3.05, 3.63) is 54.1 Å². The van der Waals surface area contributed by atoms with Crippen LogP contribution in [-0.4, -0.2) is 47.0 Å². The SMILES string of the molecule is Nc1nc(N)c2c(N3CCN(C(=O)c4ccccc4)CC3)cccc2n1. The molecule has 1 aliphatic heterocycles. The van der Waals surface area contributed by atoms with Crippen LogP contribution in [0.1, 0.15) is 10.4 Å². The van der Waals surface area contributed by atoms with Crippen LogP contribution in [0.15, 0.2) is 48.5 Å². The fraction of sp³-hybridized carbons (Fsp3) is 0.211. The van der Waals surface area contributed by atoms with E-state index in [2.05, 4.69) is 14.9 Å². The highest BCUT2D eigenvalue weighted by atomic mass is 16.2. The average Bonchev–Trinajstić information content (AvgIpc) is 2.67. The molecule has 0 radical (unpaired) electrons. The molecule has 1 saturated heterocycles. The van der Waals surface area contributed by atoms with E-state index < -0.39 is 0 Å². The largest absolute Gasteiger partial charge is 0.383 e. The van der Waals surface area contributed by atoms with Crippen LogP contribution < -0.4 is 16.4 Å². The van der Waals surface area contributed by atoms with Crippen LogP contribution in [0.5, 0.6) is 0 Å². The van der Waals surface area contributed by atoms with Crippen molar-refractivity contribution in [2.75, 3.05) is 42.5 Å². The normalized spacial score (nSPS) is 14.6. The van der Waals surface area contributed by atoms with Gasteiger partial charge in [-0.25, -0.2) is 4.98 Å². The molecule has 1 aliphatic rings. The molecule has 1 fully saturated rings. The molecule has 0 bridgehead atoms. The van der Waals surface area contributed by atoms with Gasteiger partial charge in [0.15, 0.2) is 0 Å². The molecular weight excluding hydrogens is 328 g/mol. The van der Waals surface area contributed by atoms with Gasteiger partial charge in [-0.15, -0.1) is 0 Å². The molecule has 0 spiro atoms. The van der Waals surface area contributed by atoms with Crippen molar-refractivity contribution in [1.29, 1.82) is 0 Å². The van der Waals surface area contributed by atoms with E-state index >= 15 is 0 Å². The molecule has 2 heterocycles. The number of amides is 1. The molecule has 1 amide bonds. The van der Waals surface area contributed by atoms with E-state index in [0.717, 1.165) is 35.2 Å². The Bertz CT molecular complexity index is 951. The quantitative estimate of drug-likeness (QED) is 0.732. The van der Waals surface area contributed by atoms with Crippen LogP contribution in [-0.2, 0) is 0 Å². The molecule has 0 atom stereocenters. The Morgan fingerprint density at radius 2 is 1.62 bits per heavy atom. The lowest BCUT2D eigenvalue weighted by molar-refractivity contribution is 0.0747. The second-order valence-corrected chi connectivity index (χ2v) is 6.28. The number of anilines is 3. The molecule has 7 nitrogen and oxygen atoms in total. The number of carbonyl (C=O) groups excluding carboxylic acids is 1. The van der Waals surface area contributed by atoms with Crippen molar-refractivity contribution in [2.24, 2.45) is 0 Å². The van der Waals surface area contributed by atoms with Gasteiger partial charge >= 0.3 is 0 Å². The number of benzene rings is 2. The summed E-state index contributed by atoms with van der Waals surface area (Å²) in [6.07, 6.45) is 0. The van der Waals surface area contributed by atoms with Crippen molar-refractivity contribution in [1.82, 2.24) is 14.9 Å². The second kappa shape index (κ2) is 6.51. The highest BCUT2D eigenvalue weighted by Crippen LogP contribution is 2.30. The molecule has 0 saturated carbocycles. The topological polar surface area (TPSA) is 101 Å². The van der Waals surface area contributed by atoms with Gasteiger partial charge in [-0.3, -0.25) is 4.79 Å². The van der Waals surface area contributed by atoms with Crippen molar-refractivity contribution >= 4 is 34.3 Å². The fourth-order valence-electron chi connectivity index (χ4n) is 3.39. The zero-order valence-corrected chi connectivity index (χ0v) is 14.3. The summed E-state index contributed by atoms with van der Waals surface area (Å²) in [5.74, 6) is 0.620. The van der Waals surface area contributed by atoms with Gasteiger partial charge in [0.25, 0.3) is 5.91 Å². The number of nitrogen functional groups attached to an aromatic ring is 2. The minimum Gasteiger partial charge on any atom is -0.383 e. The van der Waals surface area contributed by atoms with E-state index in [1.807, 2.05) is 53.4 Å². The Morgan fingerprint density at radius 1 is 0.885 bits per heavy atom. The average molecular weight is 348 g/mol. The summed E-state index contributed by atoms with van der Waals surface area (Å²) in [5.41, 5.74) is 14.2. The van der Waals surface area contributed by atoms with E-state index in [1.54, 1.807) is 0 Å². The molecule has 26 heavy (non-hydrogen) atoms. The zero-order chi connectivity index (χ0) is 18.1. The first-order valence-electron chi connectivity index (χ1n) is 8.54. The van der Waals surface area contributed by atoms with Crippen molar-refractivity contribution in [2.45, 2.75) is 0 Å². The molecule has 0 unspecified atom stereocenters.